The third kappa shape index (κ3) is 4.69. The van der Waals surface area contributed by atoms with Crippen molar-refractivity contribution in [3.8, 4) is 11.8 Å². The standard InChI is InChI=1S/C24H24N2O2/c1-28-21-14-12-20(13-15-21)26-17-22-23(27)11-7-3-6-10-19(16-25)24(22)18-8-4-2-5-9-18/h2,4-5,8-9,12-15,17,26H,3,6-7,10-11H2,1H3/b22-17+,24-19+. The molecular formula is C24H24N2O2. The molecule has 0 bridgehead atoms. The topological polar surface area (TPSA) is 62.1 Å². The number of ketones is 1. The molecule has 2 aromatic carbocycles. The largest absolute Gasteiger partial charge is 0.497 e. The van der Waals surface area contributed by atoms with Gasteiger partial charge in [-0.1, -0.05) is 36.8 Å². The Morgan fingerprint density at radius 1 is 1.00 bits per heavy atom. The number of carbonyl (C=O) groups is 1. The van der Waals surface area contributed by atoms with Gasteiger partial charge in [-0.25, -0.2) is 0 Å². The molecule has 2 aromatic rings. The van der Waals surface area contributed by atoms with Crippen molar-refractivity contribution in [1.82, 2.24) is 0 Å². The predicted octanol–water partition coefficient (Wildman–Crippen LogP) is 5.50. The van der Waals surface area contributed by atoms with Gasteiger partial charge in [-0.3, -0.25) is 4.79 Å². The van der Waals surface area contributed by atoms with Gasteiger partial charge in [-0.05, 0) is 49.1 Å². The van der Waals surface area contributed by atoms with Gasteiger partial charge in [-0.15, -0.1) is 0 Å². The summed E-state index contributed by atoms with van der Waals surface area (Å²) in [5.41, 5.74) is 3.74. The molecule has 0 radical (unpaired) electrons. The van der Waals surface area contributed by atoms with Crippen LogP contribution in [0, 0.1) is 11.3 Å². The number of methoxy groups -OCH3 is 1. The van der Waals surface area contributed by atoms with E-state index in [1.807, 2.05) is 54.6 Å². The summed E-state index contributed by atoms with van der Waals surface area (Å²) in [5.74, 6) is 0.836. The number of hydrogen-bond acceptors (Lipinski definition) is 4. The molecule has 0 atom stereocenters. The van der Waals surface area contributed by atoms with Crippen LogP contribution in [0.1, 0.15) is 37.7 Å². The Morgan fingerprint density at radius 3 is 2.39 bits per heavy atom. The lowest BCUT2D eigenvalue weighted by molar-refractivity contribution is -0.115. The molecule has 4 nitrogen and oxygen atoms in total. The third-order valence-electron chi connectivity index (χ3n) is 4.87. The molecule has 0 fully saturated rings. The van der Waals surface area contributed by atoms with Gasteiger partial charge in [-0.2, -0.15) is 5.26 Å². The Morgan fingerprint density at radius 2 is 1.71 bits per heavy atom. The first-order chi connectivity index (χ1) is 13.7. The van der Waals surface area contributed by atoms with Crippen LogP contribution in [0.4, 0.5) is 5.69 Å². The molecule has 1 aliphatic rings. The predicted molar refractivity (Wildman–Crippen MR) is 112 cm³/mol. The Bertz CT molecular complexity index is 919. The second kappa shape index (κ2) is 9.57. The summed E-state index contributed by atoms with van der Waals surface area (Å²) in [7, 11) is 1.63. The number of hydrogen-bond donors (Lipinski definition) is 1. The molecule has 3 rings (SSSR count). The van der Waals surface area contributed by atoms with Crippen LogP contribution in [0.5, 0.6) is 5.75 Å². The lowest BCUT2D eigenvalue weighted by Crippen LogP contribution is -2.08. The van der Waals surface area contributed by atoms with Crippen molar-refractivity contribution in [2.45, 2.75) is 32.1 Å². The molecule has 142 valence electrons. The lowest BCUT2D eigenvalue weighted by atomic mass is 9.89. The number of carbonyl (C=O) groups excluding carboxylic acids is 1. The number of nitrogens with one attached hydrogen (secondary N) is 1. The lowest BCUT2D eigenvalue weighted by Gasteiger charge is -2.14. The number of Topliss-reactive ketones (excluding diaryl/α,β-unsaturated/α-hetero) is 1. The minimum absolute atomic E-state index is 0.0644. The van der Waals surface area contributed by atoms with Gasteiger partial charge in [0.05, 0.1) is 13.2 Å². The number of nitrogens with zero attached hydrogens (tertiary/aromatic N) is 1. The molecule has 0 spiro atoms. The van der Waals surface area contributed by atoms with E-state index in [0.717, 1.165) is 41.8 Å². The highest BCUT2D eigenvalue weighted by molar-refractivity contribution is 6.11. The van der Waals surface area contributed by atoms with E-state index in [9.17, 15) is 10.1 Å². The zero-order chi connectivity index (χ0) is 19.8. The number of rotatable bonds is 4. The number of allylic oxidation sites excluding steroid dienone is 3. The van der Waals surface area contributed by atoms with Crippen LogP contribution in [-0.2, 0) is 4.79 Å². The SMILES string of the molecule is COc1ccc(N/C=C2C(=O)CCCCC/C(C#N)=C\2c2ccccc2)cc1. The van der Waals surface area contributed by atoms with Gasteiger partial charge in [0.2, 0.25) is 0 Å². The highest BCUT2D eigenvalue weighted by Crippen LogP contribution is 2.32. The number of nitriles is 1. The van der Waals surface area contributed by atoms with E-state index in [1.54, 1.807) is 13.3 Å². The van der Waals surface area contributed by atoms with E-state index >= 15 is 0 Å². The van der Waals surface area contributed by atoms with Gasteiger partial charge in [0.25, 0.3) is 0 Å². The first-order valence-electron chi connectivity index (χ1n) is 9.56. The highest BCUT2D eigenvalue weighted by atomic mass is 16.5. The van der Waals surface area contributed by atoms with Crippen molar-refractivity contribution in [3.05, 3.63) is 77.5 Å². The number of benzene rings is 2. The maximum absolute atomic E-state index is 13.0. The van der Waals surface area contributed by atoms with E-state index in [-0.39, 0.29) is 5.78 Å². The summed E-state index contributed by atoms with van der Waals surface area (Å²) in [6.07, 6.45) is 5.65. The molecule has 0 amide bonds. The second-order valence-corrected chi connectivity index (χ2v) is 6.75. The Hall–Kier alpha value is -3.32. The van der Waals surface area contributed by atoms with E-state index < -0.39 is 0 Å². The average Bonchev–Trinajstić information content (AvgIpc) is 2.82. The van der Waals surface area contributed by atoms with E-state index in [0.29, 0.717) is 24.0 Å². The smallest absolute Gasteiger partial charge is 0.164 e. The summed E-state index contributed by atoms with van der Waals surface area (Å²) in [6.45, 7) is 0. The van der Waals surface area contributed by atoms with Crippen LogP contribution in [-0.4, -0.2) is 12.9 Å². The molecule has 0 aliphatic heterocycles. The molecular weight excluding hydrogens is 348 g/mol. The third-order valence-corrected chi connectivity index (χ3v) is 4.87. The summed E-state index contributed by atoms with van der Waals surface area (Å²) in [6, 6.07) is 19.6. The van der Waals surface area contributed by atoms with Crippen LogP contribution >= 0.6 is 0 Å². The molecule has 0 saturated heterocycles. The van der Waals surface area contributed by atoms with Crippen molar-refractivity contribution in [2.24, 2.45) is 0 Å². The van der Waals surface area contributed by atoms with Crippen molar-refractivity contribution in [2.75, 3.05) is 12.4 Å². The molecule has 1 N–H and O–H groups in total. The Labute approximate surface area is 166 Å². The van der Waals surface area contributed by atoms with Crippen molar-refractivity contribution >= 4 is 17.0 Å². The monoisotopic (exact) mass is 372 g/mol. The number of ether oxygens (including phenoxy) is 1. The summed E-state index contributed by atoms with van der Waals surface area (Å²) in [4.78, 5) is 13.0. The van der Waals surface area contributed by atoms with Gasteiger partial charge < -0.3 is 10.1 Å². The first-order valence-corrected chi connectivity index (χ1v) is 9.56. The Kier molecular flexibility index (Phi) is 6.64. The van der Waals surface area contributed by atoms with Crippen molar-refractivity contribution < 1.29 is 9.53 Å². The zero-order valence-corrected chi connectivity index (χ0v) is 16.1. The minimum atomic E-state index is 0.0644. The van der Waals surface area contributed by atoms with Crippen LogP contribution in [0.25, 0.3) is 5.57 Å². The fourth-order valence-electron chi connectivity index (χ4n) is 3.37. The van der Waals surface area contributed by atoms with Crippen molar-refractivity contribution in [1.29, 1.82) is 5.26 Å². The van der Waals surface area contributed by atoms with E-state index in [4.69, 9.17) is 4.74 Å². The van der Waals surface area contributed by atoms with Gasteiger partial charge in [0.1, 0.15) is 5.75 Å². The van der Waals surface area contributed by atoms with Crippen LogP contribution < -0.4 is 10.1 Å². The van der Waals surface area contributed by atoms with Gasteiger partial charge in [0, 0.05) is 35.0 Å². The quantitative estimate of drug-likeness (QED) is 0.720. The molecule has 0 saturated carbocycles. The fourth-order valence-corrected chi connectivity index (χ4v) is 3.37. The second-order valence-electron chi connectivity index (χ2n) is 6.75. The van der Waals surface area contributed by atoms with Gasteiger partial charge >= 0.3 is 0 Å². The maximum atomic E-state index is 13.0. The minimum Gasteiger partial charge on any atom is -0.497 e. The van der Waals surface area contributed by atoms with E-state index in [2.05, 4.69) is 11.4 Å². The highest BCUT2D eigenvalue weighted by Gasteiger charge is 2.21. The average molecular weight is 372 g/mol. The molecule has 4 heteroatoms. The summed E-state index contributed by atoms with van der Waals surface area (Å²) < 4.78 is 5.19. The zero-order valence-electron chi connectivity index (χ0n) is 16.1. The number of anilines is 1. The van der Waals surface area contributed by atoms with Crippen LogP contribution in [0.2, 0.25) is 0 Å². The molecule has 0 heterocycles. The molecule has 0 aromatic heterocycles. The van der Waals surface area contributed by atoms with Crippen molar-refractivity contribution in [3.63, 3.8) is 0 Å². The summed E-state index contributed by atoms with van der Waals surface area (Å²) >= 11 is 0. The summed E-state index contributed by atoms with van der Waals surface area (Å²) in [5, 5.41) is 13.0. The molecule has 0 unspecified atom stereocenters. The normalized spacial score (nSPS) is 19.3. The molecule has 1 aliphatic carbocycles. The van der Waals surface area contributed by atoms with Gasteiger partial charge in [0.15, 0.2) is 5.78 Å². The fraction of sp³-hybridized carbons (Fsp3) is 0.250. The molecule has 28 heavy (non-hydrogen) atoms. The maximum Gasteiger partial charge on any atom is 0.164 e. The van der Waals surface area contributed by atoms with Crippen LogP contribution in [0.15, 0.2) is 71.9 Å². The Balaban J connectivity index is 2.05. The van der Waals surface area contributed by atoms with E-state index in [1.165, 1.54) is 0 Å². The van der Waals surface area contributed by atoms with Crippen LogP contribution in [0.3, 0.4) is 0 Å². The first kappa shape index (κ1) is 19.4.